The fraction of sp³-hybridized carbons (Fsp3) is 0.216. The molecule has 2 fully saturated rings. The lowest BCUT2D eigenvalue weighted by atomic mass is 10.0. The van der Waals surface area contributed by atoms with Crippen LogP contribution in [0.2, 0.25) is 5.15 Å². The van der Waals surface area contributed by atoms with E-state index < -0.39 is 0 Å². The average molecular weight is 682 g/mol. The number of morpholine rings is 2. The first-order valence-corrected chi connectivity index (χ1v) is 16.4. The zero-order valence-corrected chi connectivity index (χ0v) is 27.2. The molecule has 0 spiro atoms. The predicted octanol–water partition coefficient (Wildman–Crippen LogP) is 7.14. The van der Waals surface area contributed by atoms with Gasteiger partial charge in [0.1, 0.15) is 16.8 Å². The van der Waals surface area contributed by atoms with Crippen LogP contribution in [0.4, 0.5) is 8.78 Å². The van der Waals surface area contributed by atoms with Crippen LogP contribution in [-0.4, -0.2) is 64.8 Å². The van der Waals surface area contributed by atoms with Gasteiger partial charge in [0.25, 0.3) is 0 Å². The minimum atomic E-state index is -0.332. The minimum absolute atomic E-state index is 0.130. The first-order chi connectivity index (χ1) is 24.0. The van der Waals surface area contributed by atoms with E-state index in [9.17, 15) is 8.78 Å². The highest BCUT2D eigenvalue weighted by molar-refractivity contribution is 6.29. The number of H-pyrrole nitrogens is 2. The van der Waals surface area contributed by atoms with Gasteiger partial charge in [-0.25, -0.2) is 13.8 Å². The standard InChI is InChI=1S/C19H17F2N3O.C18H17ClN4O/c20-14-4-1-12(2-5-14)17-10-18(24-23-17)15-6-3-13(9-16(15)21)19-11-22-7-8-25-19;19-18-6-5-14(10-21-18)16-9-15(22-23-16)12-1-3-13(4-2-12)17-11-20-7-8-24-17/h1-6,9-10,19,22H,7-8,11H2,(H,23,24);1-6,9-10,17,20H,7-8,11H2,(H,22,23)/t19-;17-/m10/s1. The lowest BCUT2D eigenvalue weighted by Gasteiger charge is -2.24. The van der Waals surface area contributed by atoms with Crippen molar-refractivity contribution in [3.8, 4) is 45.0 Å². The van der Waals surface area contributed by atoms with Crippen LogP contribution in [0.15, 0.2) is 97.2 Å². The van der Waals surface area contributed by atoms with E-state index in [2.05, 4.69) is 60.3 Å². The SMILES string of the molecule is Clc1ccc(-c2cc(-c3ccc([C@@H]4CNCCO4)cc3)[nH]n2)cn1.Fc1ccc(-c2cc(-c3ccc([C@H]4CNCCO4)cc3F)[nH]n2)cc1. The van der Waals surface area contributed by atoms with Crippen molar-refractivity contribution in [2.45, 2.75) is 12.2 Å². The third-order valence-corrected chi connectivity index (χ3v) is 8.65. The molecule has 2 aliphatic rings. The maximum Gasteiger partial charge on any atom is 0.132 e. The summed E-state index contributed by atoms with van der Waals surface area (Å²) in [5.41, 5.74) is 8.25. The summed E-state index contributed by atoms with van der Waals surface area (Å²) in [4.78, 5) is 4.09. The molecule has 3 aromatic heterocycles. The van der Waals surface area contributed by atoms with Crippen molar-refractivity contribution in [3.05, 3.63) is 125 Å². The third-order valence-electron chi connectivity index (χ3n) is 8.42. The molecule has 6 aromatic rings. The Kier molecular flexibility index (Phi) is 10.2. The Hall–Kier alpha value is -4.78. The molecule has 0 unspecified atom stereocenters. The molecule has 0 aliphatic carbocycles. The molecule has 9 nitrogen and oxygen atoms in total. The number of benzene rings is 3. The second-order valence-electron chi connectivity index (χ2n) is 11.7. The first kappa shape index (κ1) is 32.8. The molecule has 0 saturated carbocycles. The first-order valence-electron chi connectivity index (χ1n) is 16.0. The van der Waals surface area contributed by atoms with Gasteiger partial charge in [-0.05, 0) is 77.4 Å². The summed E-state index contributed by atoms with van der Waals surface area (Å²) in [5, 5.41) is 21.5. The fourth-order valence-corrected chi connectivity index (χ4v) is 5.87. The van der Waals surface area contributed by atoms with Crippen molar-refractivity contribution < 1.29 is 18.3 Å². The van der Waals surface area contributed by atoms with Crippen LogP contribution in [0.1, 0.15) is 23.3 Å². The smallest absolute Gasteiger partial charge is 0.132 e. The summed E-state index contributed by atoms with van der Waals surface area (Å²) < 4.78 is 39.0. The van der Waals surface area contributed by atoms with Gasteiger partial charge in [-0.2, -0.15) is 10.2 Å². The molecule has 12 heteroatoms. The van der Waals surface area contributed by atoms with E-state index in [1.165, 1.54) is 23.8 Å². The lowest BCUT2D eigenvalue weighted by molar-refractivity contribution is 0.0275. The van der Waals surface area contributed by atoms with E-state index in [0.717, 1.165) is 59.9 Å². The summed E-state index contributed by atoms with van der Waals surface area (Å²) in [6.45, 7) is 4.65. The van der Waals surface area contributed by atoms with Gasteiger partial charge in [-0.3, -0.25) is 10.2 Å². The monoisotopic (exact) mass is 681 g/mol. The second kappa shape index (κ2) is 15.2. The highest BCUT2D eigenvalue weighted by Gasteiger charge is 2.19. The van der Waals surface area contributed by atoms with Crippen LogP contribution >= 0.6 is 11.6 Å². The number of hydrogen-bond acceptors (Lipinski definition) is 7. The van der Waals surface area contributed by atoms with Crippen LogP contribution in [0.3, 0.4) is 0 Å². The number of hydrogen-bond donors (Lipinski definition) is 4. The Morgan fingerprint density at radius 2 is 1.22 bits per heavy atom. The summed E-state index contributed by atoms with van der Waals surface area (Å²) in [5.74, 6) is -0.637. The summed E-state index contributed by atoms with van der Waals surface area (Å²) >= 11 is 5.83. The van der Waals surface area contributed by atoms with Crippen LogP contribution in [0.5, 0.6) is 0 Å². The van der Waals surface area contributed by atoms with Crippen molar-refractivity contribution in [1.29, 1.82) is 0 Å². The molecule has 4 N–H and O–H groups in total. The van der Waals surface area contributed by atoms with Gasteiger partial charge in [0.2, 0.25) is 0 Å². The average Bonchev–Trinajstić information content (AvgIpc) is 3.85. The maximum absolute atomic E-state index is 14.6. The Morgan fingerprint density at radius 3 is 1.86 bits per heavy atom. The van der Waals surface area contributed by atoms with E-state index in [0.29, 0.717) is 35.3 Å². The number of rotatable bonds is 6. The number of aromatic nitrogens is 5. The van der Waals surface area contributed by atoms with Gasteiger partial charge in [-0.15, -0.1) is 0 Å². The van der Waals surface area contributed by atoms with Gasteiger partial charge in [0.05, 0.1) is 48.2 Å². The third kappa shape index (κ3) is 7.93. The summed E-state index contributed by atoms with van der Waals surface area (Å²) in [6, 6.07) is 27.0. The number of nitrogens with one attached hydrogen (secondary N) is 4. The highest BCUT2D eigenvalue weighted by Crippen LogP contribution is 2.30. The van der Waals surface area contributed by atoms with Gasteiger partial charge in [-0.1, -0.05) is 41.9 Å². The second-order valence-corrected chi connectivity index (χ2v) is 12.1. The van der Waals surface area contributed by atoms with Crippen molar-refractivity contribution in [3.63, 3.8) is 0 Å². The normalized spacial score (nSPS) is 17.7. The van der Waals surface area contributed by atoms with E-state index in [-0.39, 0.29) is 23.8 Å². The van der Waals surface area contributed by atoms with Gasteiger partial charge in [0.15, 0.2) is 0 Å². The molecular weight excluding hydrogens is 648 g/mol. The van der Waals surface area contributed by atoms with Gasteiger partial charge >= 0.3 is 0 Å². The van der Waals surface area contributed by atoms with Crippen LogP contribution in [0.25, 0.3) is 45.0 Å². The molecule has 0 amide bonds. The number of pyridine rings is 1. The Bertz CT molecular complexity index is 1970. The van der Waals surface area contributed by atoms with Crippen molar-refractivity contribution in [1.82, 2.24) is 36.0 Å². The quantitative estimate of drug-likeness (QED) is 0.138. The molecule has 5 heterocycles. The van der Waals surface area contributed by atoms with Gasteiger partial charge < -0.3 is 20.1 Å². The molecule has 3 aromatic carbocycles. The number of ether oxygens (including phenoxy) is 2. The number of nitrogens with zero attached hydrogens (tertiary/aromatic N) is 3. The van der Waals surface area contributed by atoms with Crippen molar-refractivity contribution in [2.24, 2.45) is 0 Å². The van der Waals surface area contributed by atoms with E-state index in [1.54, 1.807) is 36.5 Å². The lowest BCUT2D eigenvalue weighted by Crippen LogP contribution is -2.33. The van der Waals surface area contributed by atoms with Gasteiger partial charge in [0, 0.05) is 49.1 Å². The molecule has 2 saturated heterocycles. The highest BCUT2D eigenvalue weighted by atomic mass is 35.5. The van der Waals surface area contributed by atoms with E-state index in [4.69, 9.17) is 21.1 Å². The zero-order chi connectivity index (χ0) is 33.6. The van der Waals surface area contributed by atoms with Crippen molar-refractivity contribution >= 4 is 11.6 Å². The molecule has 49 heavy (non-hydrogen) atoms. The molecule has 0 bridgehead atoms. The number of aromatic amines is 2. The Labute approximate surface area is 287 Å². The maximum atomic E-state index is 14.6. The predicted molar refractivity (Wildman–Crippen MR) is 185 cm³/mol. The van der Waals surface area contributed by atoms with Crippen LogP contribution in [-0.2, 0) is 9.47 Å². The van der Waals surface area contributed by atoms with E-state index >= 15 is 0 Å². The Balaban J connectivity index is 0.000000154. The zero-order valence-electron chi connectivity index (χ0n) is 26.4. The molecule has 250 valence electrons. The molecule has 2 atom stereocenters. The van der Waals surface area contributed by atoms with Crippen LogP contribution in [0, 0.1) is 11.6 Å². The minimum Gasteiger partial charge on any atom is -0.371 e. The van der Waals surface area contributed by atoms with Crippen molar-refractivity contribution in [2.75, 3.05) is 39.4 Å². The summed E-state index contributed by atoms with van der Waals surface area (Å²) in [6.07, 6.45) is 1.72. The largest absolute Gasteiger partial charge is 0.371 e. The molecule has 0 radical (unpaired) electrons. The molecule has 2 aliphatic heterocycles. The Morgan fingerprint density at radius 1 is 0.633 bits per heavy atom. The molecular formula is C37H34ClF2N7O2. The van der Waals surface area contributed by atoms with E-state index in [1.807, 2.05) is 18.2 Å². The fourth-order valence-electron chi connectivity index (χ4n) is 5.76. The van der Waals surface area contributed by atoms with Crippen LogP contribution < -0.4 is 10.6 Å². The molecule has 8 rings (SSSR count). The summed E-state index contributed by atoms with van der Waals surface area (Å²) in [7, 11) is 0. The topological polar surface area (TPSA) is 113 Å². The number of halogens is 3.